The van der Waals surface area contributed by atoms with E-state index in [1.165, 1.54) is 6.07 Å². The number of aliphatic hydroxyl groups is 1. The number of carbonyl (C=O) groups is 2. The second-order valence-corrected chi connectivity index (χ2v) is 10.8. The molecule has 212 valence electrons. The van der Waals surface area contributed by atoms with Crippen molar-refractivity contribution >= 4 is 17.6 Å². The highest BCUT2D eigenvalue weighted by atomic mass is 19.4. The first-order valence-corrected chi connectivity index (χ1v) is 13.4. The summed E-state index contributed by atoms with van der Waals surface area (Å²) in [5.41, 5.74) is -1.14. The van der Waals surface area contributed by atoms with Crippen molar-refractivity contribution in [1.29, 1.82) is 0 Å². The number of pyridine rings is 1. The van der Waals surface area contributed by atoms with E-state index in [-0.39, 0.29) is 30.1 Å². The number of aromatic nitrogens is 1. The molecule has 0 bridgehead atoms. The molecule has 1 aromatic carbocycles. The summed E-state index contributed by atoms with van der Waals surface area (Å²) in [6.07, 6.45) is 0.885. The molecule has 0 unspecified atom stereocenters. The van der Waals surface area contributed by atoms with Gasteiger partial charge in [0.2, 0.25) is 5.91 Å². The summed E-state index contributed by atoms with van der Waals surface area (Å²) in [4.78, 5) is 31.4. The quantitative estimate of drug-likeness (QED) is 0.402. The summed E-state index contributed by atoms with van der Waals surface area (Å²) >= 11 is 0. The van der Waals surface area contributed by atoms with Crippen molar-refractivity contribution in [1.82, 2.24) is 20.5 Å². The Morgan fingerprint density at radius 1 is 1.15 bits per heavy atom. The van der Waals surface area contributed by atoms with Crippen molar-refractivity contribution in [3.05, 3.63) is 59.3 Å². The molecule has 1 atom stereocenters. The van der Waals surface area contributed by atoms with Crippen LogP contribution in [0.4, 0.5) is 19.0 Å². The lowest BCUT2D eigenvalue weighted by Gasteiger charge is -2.39. The number of nitrogens with zero attached hydrogens (tertiary/aromatic N) is 2. The summed E-state index contributed by atoms with van der Waals surface area (Å²) < 4.78 is 38.7. The van der Waals surface area contributed by atoms with Gasteiger partial charge >= 0.3 is 6.18 Å². The number of alkyl halides is 3. The normalized spacial score (nSPS) is 24.0. The molecular formula is C28H36F3N5O3. The van der Waals surface area contributed by atoms with Crippen molar-refractivity contribution in [3.63, 3.8) is 0 Å². The molecule has 2 aromatic rings. The molecule has 8 nitrogen and oxygen atoms in total. The van der Waals surface area contributed by atoms with Crippen LogP contribution >= 0.6 is 0 Å². The molecule has 0 spiro atoms. The zero-order valence-corrected chi connectivity index (χ0v) is 22.2. The maximum atomic E-state index is 12.9. The van der Waals surface area contributed by atoms with Crippen LogP contribution in [0.5, 0.6) is 0 Å². The first-order chi connectivity index (χ1) is 18.4. The molecule has 39 heavy (non-hydrogen) atoms. The number of hydrogen-bond acceptors (Lipinski definition) is 6. The highest BCUT2D eigenvalue weighted by Crippen LogP contribution is 2.39. The number of likely N-dealkylation sites (tertiary alicyclic amines) is 1. The topological polar surface area (TPSA) is 107 Å². The third-order valence-electron chi connectivity index (χ3n) is 7.48. The van der Waals surface area contributed by atoms with Crippen molar-refractivity contribution < 1.29 is 27.9 Å². The molecule has 1 aromatic heterocycles. The van der Waals surface area contributed by atoms with Crippen LogP contribution < -0.4 is 16.0 Å². The maximum absolute atomic E-state index is 12.9. The van der Waals surface area contributed by atoms with Gasteiger partial charge in [-0.05, 0) is 70.2 Å². The zero-order chi connectivity index (χ0) is 28.2. The van der Waals surface area contributed by atoms with E-state index in [0.717, 1.165) is 55.4 Å². The highest BCUT2D eigenvalue weighted by Gasteiger charge is 2.39. The molecule has 4 rings (SSSR count). The standard InChI is InChI=1S/C28H36F3N5O3/c1-18(2)34-24-7-6-21(15-32-24)27(39)11-8-23(9-12-27)36-13-10-22(17-36)35-25(37)16-33-26(38)19-4-3-5-20(14-19)28(29,30)31/h3-7,14-15,18,22-23,39H,8-13,16-17H2,1-2H3,(H,32,34)(H,33,38)(H,35,37)/t22-,23?,27?/m1/s1. The van der Waals surface area contributed by atoms with Gasteiger partial charge in [0.05, 0.1) is 17.7 Å². The predicted octanol–water partition coefficient (Wildman–Crippen LogP) is 3.67. The molecule has 2 aliphatic rings. The zero-order valence-electron chi connectivity index (χ0n) is 22.2. The van der Waals surface area contributed by atoms with E-state index in [4.69, 9.17) is 0 Å². The highest BCUT2D eigenvalue weighted by molar-refractivity contribution is 5.96. The minimum atomic E-state index is -4.55. The molecule has 2 fully saturated rings. The fraction of sp³-hybridized carbons (Fsp3) is 0.536. The van der Waals surface area contributed by atoms with Gasteiger partial charge in [-0.3, -0.25) is 14.5 Å². The number of benzene rings is 1. The number of amides is 2. The van der Waals surface area contributed by atoms with Crippen LogP contribution in [0.15, 0.2) is 42.6 Å². The molecule has 0 radical (unpaired) electrons. The van der Waals surface area contributed by atoms with Gasteiger partial charge in [0.25, 0.3) is 5.91 Å². The Hall–Kier alpha value is -3.18. The van der Waals surface area contributed by atoms with Gasteiger partial charge in [0.1, 0.15) is 5.82 Å². The minimum absolute atomic E-state index is 0.0750. The van der Waals surface area contributed by atoms with Gasteiger partial charge in [-0.15, -0.1) is 0 Å². The third kappa shape index (κ3) is 7.48. The number of halogens is 3. The van der Waals surface area contributed by atoms with E-state index in [2.05, 4.69) is 25.8 Å². The van der Waals surface area contributed by atoms with E-state index in [9.17, 15) is 27.9 Å². The van der Waals surface area contributed by atoms with E-state index in [1.54, 1.807) is 6.20 Å². The molecular weight excluding hydrogens is 511 g/mol. The molecule has 1 aliphatic carbocycles. The van der Waals surface area contributed by atoms with Crippen molar-refractivity contribution in [2.24, 2.45) is 0 Å². The summed E-state index contributed by atoms with van der Waals surface area (Å²) in [5, 5.41) is 19.8. The van der Waals surface area contributed by atoms with Crippen LogP contribution in [0.3, 0.4) is 0 Å². The summed E-state index contributed by atoms with van der Waals surface area (Å²) in [6, 6.07) is 8.44. The smallest absolute Gasteiger partial charge is 0.385 e. The van der Waals surface area contributed by atoms with Gasteiger partial charge < -0.3 is 21.1 Å². The Morgan fingerprint density at radius 3 is 2.54 bits per heavy atom. The average Bonchev–Trinajstić information content (AvgIpc) is 3.35. The largest absolute Gasteiger partial charge is 0.416 e. The second kappa shape index (κ2) is 11.9. The van der Waals surface area contributed by atoms with Gasteiger partial charge in [0, 0.05) is 48.5 Å². The summed E-state index contributed by atoms with van der Waals surface area (Å²) in [5.74, 6) is -0.338. The van der Waals surface area contributed by atoms with Gasteiger partial charge in [-0.1, -0.05) is 12.1 Å². The second-order valence-electron chi connectivity index (χ2n) is 10.8. The van der Waals surface area contributed by atoms with Crippen LogP contribution in [0.25, 0.3) is 0 Å². The van der Waals surface area contributed by atoms with Crippen LogP contribution in [0.2, 0.25) is 0 Å². The fourth-order valence-electron chi connectivity index (χ4n) is 5.40. The van der Waals surface area contributed by atoms with E-state index >= 15 is 0 Å². The lowest BCUT2D eigenvalue weighted by atomic mass is 9.78. The first kappa shape index (κ1) is 28.8. The molecule has 11 heteroatoms. The Morgan fingerprint density at radius 2 is 1.90 bits per heavy atom. The van der Waals surface area contributed by atoms with Crippen molar-refractivity contribution in [2.45, 2.75) is 75.9 Å². The van der Waals surface area contributed by atoms with Gasteiger partial charge in [0.15, 0.2) is 0 Å². The predicted molar refractivity (Wildman–Crippen MR) is 141 cm³/mol. The van der Waals surface area contributed by atoms with Crippen molar-refractivity contribution in [2.75, 3.05) is 25.0 Å². The number of rotatable bonds is 8. The van der Waals surface area contributed by atoms with Crippen LogP contribution in [-0.4, -0.2) is 64.6 Å². The average molecular weight is 548 g/mol. The van der Waals surface area contributed by atoms with E-state index in [1.807, 2.05) is 26.0 Å². The molecule has 2 amide bonds. The fourth-order valence-corrected chi connectivity index (χ4v) is 5.40. The molecule has 2 heterocycles. The van der Waals surface area contributed by atoms with Crippen molar-refractivity contribution in [3.8, 4) is 0 Å². The van der Waals surface area contributed by atoms with Crippen LogP contribution in [0, 0.1) is 0 Å². The number of anilines is 1. The Bertz CT molecular complexity index is 1150. The third-order valence-corrected chi connectivity index (χ3v) is 7.48. The van der Waals surface area contributed by atoms with Gasteiger partial charge in [-0.25, -0.2) is 4.98 Å². The number of carbonyl (C=O) groups excluding carboxylic acids is 2. The molecule has 1 saturated carbocycles. The molecule has 4 N–H and O–H groups in total. The Kier molecular flexibility index (Phi) is 8.80. The maximum Gasteiger partial charge on any atom is 0.416 e. The Labute approximate surface area is 226 Å². The first-order valence-electron chi connectivity index (χ1n) is 13.4. The van der Waals surface area contributed by atoms with Crippen LogP contribution in [-0.2, 0) is 16.6 Å². The lowest BCUT2D eigenvalue weighted by molar-refractivity contribution is -0.137. The molecule has 1 saturated heterocycles. The summed E-state index contributed by atoms with van der Waals surface area (Å²) in [7, 11) is 0. The van der Waals surface area contributed by atoms with Crippen LogP contribution in [0.1, 0.15) is 67.4 Å². The number of nitrogens with one attached hydrogen (secondary N) is 3. The van der Waals surface area contributed by atoms with E-state index < -0.39 is 23.2 Å². The minimum Gasteiger partial charge on any atom is -0.385 e. The van der Waals surface area contributed by atoms with Gasteiger partial charge in [-0.2, -0.15) is 13.2 Å². The van der Waals surface area contributed by atoms with E-state index in [0.29, 0.717) is 25.4 Å². The monoisotopic (exact) mass is 547 g/mol. The Balaban J connectivity index is 1.21. The number of hydrogen-bond donors (Lipinski definition) is 4. The lowest BCUT2D eigenvalue weighted by Crippen LogP contribution is -2.45. The summed E-state index contributed by atoms with van der Waals surface area (Å²) in [6.45, 7) is 5.26. The molecule has 1 aliphatic heterocycles. The SMILES string of the molecule is CC(C)Nc1ccc(C2(O)CCC(N3CC[C@@H](NC(=O)CNC(=O)c4cccc(C(F)(F)F)c4)C3)CC2)cn1.